The Labute approximate surface area is 316 Å². The van der Waals surface area contributed by atoms with Crippen LogP contribution in [-0.2, 0) is 33.1 Å². The van der Waals surface area contributed by atoms with E-state index in [9.17, 15) is 29.7 Å². The van der Waals surface area contributed by atoms with Crippen LogP contribution in [0.4, 0.5) is 0 Å². The molecule has 2 aromatic heterocycles. The molecule has 4 aliphatic carbocycles. The topological polar surface area (TPSA) is 148 Å². The predicted octanol–water partition coefficient (Wildman–Crippen LogP) is 6.39. The summed E-state index contributed by atoms with van der Waals surface area (Å²) in [6, 6.07) is 9.01. The van der Waals surface area contributed by atoms with Crippen LogP contribution in [0.3, 0.4) is 0 Å². The third-order valence-electron chi connectivity index (χ3n) is 16.0. The number of aliphatic hydroxyl groups excluding tert-OH is 2. The molecule has 4 fully saturated rings. The number of cyclic esters (lactones) is 1. The second kappa shape index (κ2) is 12.7. The molecule has 9 rings (SSSR count). The average molecular weight is 739 g/mol. The highest BCUT2D eigenvalue weighted by atomic mass is 16.6. The molecule has 2 aliphatic heterocycles. The van der Waals surface area contributed by atoms with E-state index in [-0.39, 0.29) is 64.6 Å². The second-order valence-electron chi connectivity index (χ2n) is 18.3. The van der Waals surface area contributed by atoms with E-state index in [2.05, 4.69) is 20.8 Å². The van der Waals surface area contributed by atoms with Crippen molar-refractivity contribution in [3.05, 3.63) is 57.4 Å². The Balaban J connectivity index is 0.872. The van der Waals surface area contributed by atoms with Crippen molar-refractivity contribution in [1.29, 1.82) is 0 Å². The standard InChI is InChI=1S/C44H54N2O8/c1-5-44(52)34-19-36-39-25(21-46(36)40(50)30(34)22-53-41(44)51)16-24-17-28(8-12-35(24)45-39)54-38(49)13-6-23(2)31-10-11-32-29-9-7-26-18-27(47)14-15-42(26,3)33(29)20-37(48)43(31,32)4/h8,12,16-17,19,23,26-27,29,31-33,37,47-48,52H,5-7,9-11,13-15,18,20-22H2,1-4H3/t23-,26?,27-,29?,31?,32?,33?,37+,42+,43-,44+/m1/s1. The number of hydrogen-bond acceptors (Lipinski definition) is 9. The number of nitrogens with zero attached hydrogens (tertiary/aromatic N) is 2. The van der Waals surface area contributed by atoms with E-state index in [0.717, 1.165) is 49.5 Å². The maximum Gasteiger partial charge on any atom is 0.343 e. The maximum absolute atomic E-state index is 13.5. The molecule has 5 unspecified atom stereocenters. The zero-order chi connectivity index (χ0) is 37.9. The Morgan fingerprint density at radius 1 is 1.06 bits per heavy atom. The van der Waals surface area contributed by atoms with Gasteiger partial charge in [-0.05, 0) is 141 Å². The van der Waals surface area contributed by atoms with Crippen LogP contribution in [-0.4, -0.2) is 49.0 Å². The quantitative estimate of drug-likeness (QED) is 0.151. The molecule has 4 saturated carbocycles. The lowest BCUT2D eigenvalue weighted by atomic mass is 9.43. The first-order valence-electron chi connectivity index (χ1n) is 20.4. The second-order valence-corrected chi connectivity index (χ2v) is 18.3. The summed E-state index contributed by atoms with van der Waals surface area (Å²) < 4.78 is 12.7. The highest BCUT2D eigenvalue weighted by Crippen LogP contribution is 2.68. The van der Waals surface area contributed by atoms with Crippen molar-refractivity contribution in [2.24, 2.45) is 46.3 Å². The smallest absolute Gasteiger partial charge is 0.343 e. The van der Waals surface area contributed by atoms with E-state index < -0.39 is 11.6 Å². The molecule has 10 nitrogen and oxygen atoms in total. The van der Waals surface area contributed by atoms with Crippen LogP contribution in [0.15, 0.2) is 35.1 Å². The molecular formula is C44H54N2O8. The van der Waals surface area contributed by atoms with Crippen LogP contribution >= 0.6 is 0 Å². The molecule has 0 saturated heterocycles. The summed E-state index contributed by atoms with van der Waals surface area (Å²) in [5.41, 5.74) is 1.11. The van der Waals surface area contributed by atoms with E-state index in [1.807, 2.05) is 12.1 Å². The summed E-state index contributed by atoms with van der Waals surface area (Å²) in [6.45, 7) is 8.85. The molecule has 6 aliphatic rings. The SMILES string of the molecule is CC[C@@]1(O)C(=O)OCc2c1cc1n(c2=O)Cc2cc3cc(OC(=O)CC[C@@H](C)C4CCC5C6CCC7C[C@H](O)CC[C@]7(C)C6C[C@H](O)[C@@]54C)ccc3nc2-1. The first-order valence-corrected chi connectivity index (χ1v) is 20.4. The number of carbonyl (C=O) groups is 2. The summed E-state index contributed by atoms with van der Waals surface area (Å²) in [5.74, 6) is 2.23. The number of aromatic nitrogens is 2. The molecule has 0 bridgehead atoms. The minimum absolute atomic E-state index is 0.0813. The van der Waals surface area contributed by atoms with E-state index in [1.165, 1.54) is 12.8 Å². The summed E-state index contributed by atoms with van der Waals surface area (Å²) >= 11 is 0. The van der Waals surface area contributed by atoms with Crippen LogP contribution in [0.2, 0.25) is 0 Å². The van der Waals surface area contributed by atoms with Crippen LogP contribution in [0.5, 0.6) is 5.75 Å². The van der Waals surface area contributed by atoms with Crippen molar-refractivity contribution in [1.82, 2.24) is 9.55 Å². The van der Waals surface area contributed by atoms with Gasteiger partial charge in [0.05, 0.1) is 41.2 Å². The summed E-state index contributed by atoms with van der Waals surface area (Å²) in [7, 11) is 0. The predicted molar refractivity (Wildman–Crippen MR) is 201 cm³/mol. The van der Waals surface area contributed by atoms with Crippen LogP contribution in [0, 0.1) is 46.3 Å². The molecule has 11 atom stereocenters. The van der Waals surface area contributed by atoms with Crippen LogP contribution < -0.4 is 10.3 Å². The Kier molecular flexibility index (Phi) is 8.49. The number of esters is 2. The number of hydrogen-bond donors (Lipinski definition) is 3. The molecule has 3 aromatic rings. The van der Waals surface area contributed by atoms with Gasteiger partial charge in [-0.1, -0.05) is 27.7 Å². The maximum atomic E-state index is 13.5. The number of rotatable bonds is 6. The largest absolute Gasteiger partial charge is 0.458 e. The number of benzene rings is 1. The van der Waals surface area contributed by atoms with Gasteiger partial charge in [-0.25, -0.2) is 9.78 Å². The van der Waals surface area contributed by atoms with Crippen molar-refractivity contribution in [2.45, 2.75) is 129 Å². The van der Waals surface area contributed by atoms with Crippen molar-refractivity contribution >= 4 is 22.8 Å². The Morgan fingerprint density at radius 2 is 1.87 bits per heavy atom. The number of carbonyl (C=O) groups excluding carboxylic acids is 2. The Morgan fingerprint density at radius 3 is 2.67 bits per heavy atom. The summed E-state index contributed by atoms with van der Waals surface area (Å²) in [6.07, 6.45) is 8.90. The van der Waals surface area contributed by atoms with Gasteiger partial charge in [-0.3, -0.25) is 9.59 Å². The number of ether oxygens (including phenoxy) is 2. The first kappa shape index (κ1) is 36.1. The molecular weight excluding hydrogens is 684 g/mol. The average Bonchev–Trinajstić information content (AvgIpc) is 3.70. The van der Waals surface area contributed by atoms with Crippen molar-refractivity contribution in [3.63, 3.8) is 0 Å². The van der Waals surface area contributed by atoms with Gasteiger partial charge in [0.2, 0.25) is 0 Å². The minimum atomic E-state index is -1.88. The zero-order valence-electron chi connectivity index (χ0n) is 32.0. The lowest BCUT2D eigenvalue weighted by Gasteiger charge is -2.62. The zero-order valence-corrected chi connectivity index (χ0v) is 32.0. The lowest BCUT2D eigenvalue weighted by Crippen LogP contribution is -2.58. The van der Waals surface area contributed by atoms with Crippen LogP contribution in [0.25, 0.3) is 22.3 Å². The summed E-state index contributed by atoms with van der Waals surface area (Å²) in [5, 5.41) is 34.3. The van der Waals surface area contributed by atoms with E-state index in [1.54, 1.807) is 29.7 Å². The lowest BCUT2D eigenvalue weighted by molar-refractivity contribution is -0.175. The van der Waals surface area contributed by atoms with Gasteiger partial charge >= 0.3 is 11.9 Å². The minimum Gasteiger partial charge on any atom is -0.458 e. The number of pyridine rings is 2. The van der Waals surface area contributed by atoms with Crippen molar-refractivity contribution < 1.29 is 34.4 Å². The molecule has 0 radical (unpaired) electrons. The fourth-order valence-electron chi connectivity index (χ4n) is 12.9. The Bertz CT molecular complexity index is 2110. The molecule has 10 heteroatoms. The first-order chi connectivity index (χ1) is 25.8. The Hall–Kier alpha value is -3.60. The van der Waals surface area contributed by atoms with Gasteiger partial charge in [0.25, 0.3) is 5.56 Å². The van der Waals surface area contributed by atoms with Gasteiger partial charge in [-0.15, -0.1) is 0 Å². The van der Waals surface area contributed by atoms with Crippen LogP contribution in [0.1, 0.15) is 115 Å². The van der Waals surface area contributed by atoms with E-state index in [0.29, 0.717) is 71.6 Å². The number of aliphatic hydroxyl groups is 3. The van der Waals surface area contributed by atoms with E-state index in [4.69, 9.17) is 14.5 Å². The molecule has 1 aromatic carbocycles. The van der Waals surface area contributed by atoms with Gasteiger partial charge in [0.15, 0.2) is 5.60 Å². The highest BCUT2D eigenvalue weighted by molar-refractivity contribution is 5.87. The third kappa shape index (κ3) is 5.22. The van der Waals surface area contributed by atoms with Crippen molar-refractivity contribution in [3.8, 4) is 17.1 Å². The van der Waals surface area contributed by atoms with Gasteiger partial charge in [0.1, 0.15) is 12.4 Å². The third-order valence-corrected chi connectivity index (χ3v) is 16.0. The van der Waals surface area contributed by atoms with Gasteiger partial charge in [-0.2, -0.15) is 0 Å². The van der Waals surface area contributed by atoms with E-state index >= 15 is 0 Å². The summed E-state index contributed by atoms with van der Waals surface area (Å²) in [4.78, 5) is 44.2. The molecule has 0 spiro atoms. The molecule has 288 valence electrons. The molecule has 4 heterocycles. The fraction of sp³-hybridized carbons (Fsp3) is 0.636. The molecule has 3 N–H and O–H groups in total. The monoisotopic (exact) mass is 738 g/mol. The number of fused-ring (bicyclic) bond motifs is 10. The molecule has 0 amide bonds. The normalized spacial score (nSPS) is 36.9. The van der Waals surface area contributed by atoms with Crippen molar-refractivity contribution in [2.75, 3.05) is 0 Å². The van der Waals surface area contributed by atoms with Gasteiger partial charge < -0.3 is 29.4 Å². The molecule has 54 heavy (non-hydrogen) atoms. The van der Waals surface area contributed by atoms with Gasteiger partial charge in [0, 0.05) is 22.9 Å². The fourth-order valence-corrected chi connectivity index (χ4v) is 12.9. The highest BCUT2D eigenvalue weighted by Gasteiger charge is 2.63.